The molecule has 2 aromatic carbocycles. The summed E-state index contributed by atoms with van der Waals surface area (Å²) in [5.74, 6) is -0.182. The van der Waals surface area contributed by atoms with Crippen molar-refractivity contribution in [3.63, 3.8) is 0 Å². The van der Waals surface area contributed by atoms with Crippen LogP contribution < -0.4 is 10.6 Å². The average Bonchev–Trinajstić information content (AvgIpc) is 2.89. The summed E-state index contributed by atoms with van der Waals surface area (Å²) in [7, 11) is -3.61. The van der Waals surface area contributed by atoms with Crippen LogP contribution in [0.5, 0.6) is 0 Å². The van der Waals surface area contributed by atoms with Crippen molar-refractivity contribution in [2.45, 2.75) is 42.5 Å². The number of hydrogen-bond donors (Lipinski definition) is 8. The first kappa shape index (κ1) is 29.0. The number of sulfone groups is 1. The molecule has 12 heteroatoms. The topological polar surface area (TPSA) is 192 Å². The van der Waals surface area contributed by atoms with Crippen molar-refractivity contribution < 1.29 is 39.1 Å². The van der Waals surface area contributed by atoms with Crippen molar-refractivity contribution in [3.8, 4) is 0 Å². The Hall–Kier alpha value is -2.58. The van der Waals surface area contributed by atoms with Crippen molar-refractivity contribution in [1.82, 2.24) is 4.98 Å². The van der Waals surface area contributed by atoms with Gasteiger partial charge in [-0.05, 0) is 55.7 Å². The van der Waals surface area contributed by atoms with Gasteiger partial charge >= 0.3 is 0 Å². The molecule has 0 spiro atoms. The van der Waals surface area contributed by atoms with E-state index < -0.39 is 28.1 Å². The van der Waals surface area contributed by atoms with Gasteiger partial charge in [-0.25, -0.2) is 13.4 Å². The summed E-state index contributed by atoms with van der Waals surface area (Å²) < 4.78 is 25.5. The summed E-state index contributed by atoms with van der Waals surface area (Å²) in [5, 5.41) is 64.8. The zero-order valence-corrected chi connectivity index (χ0v) is 21.2. The third kappa shape index (κ3) is 7.26. The van der Waals surface area contributed by atoms with Crippen molar-refractivity contribution in [2.24, 2.45) is 0 Å². The summed E-state index contributed by atoms with van der Waals surface area (Å²) in [4.78, 5) is 4.78. The molecule has 0 unspecified atom stereocenters. The largest absolute Gasteiger partial charge is 0.396 e. The van der Waals surface area contributed by atoms with Crippen LogP contribution in [0.1, 0.15) is 19.3 Å². The number of nitrogens with one attached hydrogen (secondary N) is 2. The molecule has 1 aromatic heterocycles. The monoisotopic (exact) mass is 537 g/mol. The Labute approximate surface area is 215 Å². The van der Waals surface area contributed by atoms with Gasteiger partial charge in [0.25, 0.3) is 0 Å². The summed E-state index contributed by atoms with van der Waals surface area (Å²) in [6.07, 6.45) is -3.46. The minimum absolute atomic E-state index is 0.0239. The lowest BCUT2D eigenvalue weighted by molar-refractivity contribution is -0.0604. The van der Waals surface area contributed by atoms with Crippen molar-refractivity contribution in [1.29, 1.82) is 0 Å². The normalized spacial score (nSPS) is 14.5. The highest BCUT2D eigenvalue weighted by atomic mass is 32.2. The lowest BCUT2D eigenvalue weighted by Gasteiger charge is -2.23. The third-order valence-electron chi connectivity index (χ3n) is 6.04. The highest BCUT2D eigenvalue weighted by Gasteiger charge is 2.24. The van der Waals surface area contributed by atoms with Gasteiger partial charge in [-0.3, -0.25) is 0 Å². The van der Waals surface area contributed by atoms with Gasteiger partial charge in [0.1, 0.15) is 6.10 Å². The molecule has 204 valence electrons. The highest BCUT2D eigenvalue weighted by Crippen LogP contribution is 2.34. The van der Waals surface area contributed by atoms with Crippen LogP contribution in [-0.2, 0) is 9.84 Å². The van der Waals surface area contributed by atoms with E-state index in [9.17, 15) is 28.8 Å². The maximum atomic E-state index is 12.7. The molecule has 37 heavy (non-hydrogen) atoms. The van der Waals surface area contributed by atoms with Crippen LogP contribution in [0.15, 0.2) is 41.3 Å². The summed E-state index contributed by atoms with van der Waals surface area (Å²) in [6.45, 7) is -0.215. The fraction of sp³-hybridized carbons (Fsp3) is 0.480. The zero-order valence-electron chi connectivity index (χ0n) is 20.4. The second kappa shape index (κ2) is 13.3. The smallest absolute Gasteiger partial charge is 0.178 e. The van der Waals surface area contributed by atoms with Gasteiger partial charge in [-0.1, -0.05) is 0 Å². The van der Waals surface area contributed by atoms with Crippen LogP contribution in [0.3, 0.4) is 0 Å². The predicted octanol–water partition coefficient (Wildman–Crippen LogP) is 0.215. The molecule has 0 amide bonds. The molecule has 0 aliphatic rings. The van der Waals surface area contributed by atoms with Crippen LogP contribution in [-0.4, -0.2) is 101 Å². The van der Waals surface area contributed by atoms with E-state index >= 15 is 0 Å². The van der Waals surface area contributed by atoms with E-state index in [0.717, 1.165) is 0 Å². The molecule has 0 aliphatic heterocycles. The van der Waals surface area contributed by atoms with E-state index in [1.54, 1.807) is 30.3 Å². The molecular weight excluding hydrogens is 502 g/mol. The zero-order chi connectivity index (χ0) is 27.0. The van der Waals surface area contributed by atoms with E-state index in [0.29, 0.717) is 46.1 Å². The molecule has 0 aliphatic carbocycles. The molecule has 3 rings (SSSR count). The van der Waals surface area contributed by atoms with E-state index in [2.05, 4.69) is 15.6 Å². The maximum Gasteiger partial charge on any atom is 0.178 e. The molecule has 3 aromatic rings. The number of anilines is 2. The van der Waals surface area contributed by atoms with Crippen LogP contribution >= 0.6 is 0 Å². The highest BCUT2D eigenvalue weighted by molar-refractivity contribution is 7.91. The van der Waals surface area contributed by atoms with E-state index in [1.807, 2.05) is 0 Å². The Morgan fingerprint density at radius 2 is 1.49 bits per heavy atom. The van der Waals surface area contributed by atoms with Crippen LogP contribution in [0, 0.1) is 0 Å². The fourth-order valence-corrected chi connectivity index (χ4v) is 5.30. The first-order valence-corrected chi connectivity index (χ1v) is 13.8. The maximum absolute atomic E-state index is 12.7. The summed E-state index contributed by atoms with van der Waals surface area (Å²) in [6, 6.07) is 9.98. The molecule has 1 heterocycles. The first-order chi connectivity index (χ1) is 17.7. The van der Waals surface area contributed by atoms with Gasteiger partial charge in [0, 0.05) is 49.4 Å². The molecule has 0 fully saturated rings. The van der Waals surface area contributed by atoms with Crippen LogP contribution in [0.2, 0.25) is 0 Å². The Morgan fingerprint density at radius 1 is 0.811 bits per heavy atom. The number of fused-ring (bicyclic) bond motifs is 2. The summed E-state index contributed by atoms with van der Waals surface area (Å²) in [5.41, 5.74) is 2.44. The number of aliphatic hydroxyl groups is 6. The van der Waals surface area contributed by atoms with Gasteiger partial charge < -0.3 is 41.3 Å². The van der Waals surface area contributed by atoms with Gasteiger partial charge in [0.05, 0.1) is 39.6 Å². The number of hydrogen-bond acceptors (Lipinski definition) is 11. The number of nitrogens with zero attached hydrogens (tertiary/aromatic N) is 1. The van der Waals surface area contributed by atoms with Gasteiger partial charge in [0.15, 0.2) is 9.84 Å². The molecular formula is C25H35N3O8S. The number of pyridine rings is 1. The lowest BCUT2D eigenvalue weighted by atomic mass is 10.0. The number of rotatable bonds is 15. The van der Waals surface area contributed by atoms with E-state index in [-0.39, 0.29) is 49.9 Å². The molecule has 0 saturated carbocycles. The Morgan fingerprint density at radius 3 is 2.16 bits per heavy atom. The van der Waals surface area contributed by atoms with Gasteiger partial charge in [0.2, 0.25) is 0 Å². The number of aliphatic hydroxyl groups excluding tert-OH is 6. The first-order valence-electron chi connectivity index (χ1n) is 12.2. The molecule has 0 saturated heterocycles. The quantitative estimate of drug-likeness (QED) is 0.0976. The van der Waals surface area contributed by atoms with Crippen LogP contribution in [0.4, 0.5) is 11.4 Å². The number of benzene rings is 2. The Balaban J connectivity index is 1.99. The lowest BCUT2D eigenvalue weighted by Crippen LogP contribution is -2.41. The second-order valence-corrected chi connectivity index (χ2v) is 10.9. The Bertz CT molecular complexity index is 1290. The standard InChI is InChI=1S/C25H35N3O8S/c29-9-1-8-26-24-18-13-16(27-15-23(33)25(34)22(32)7-11-31)3-5-20(18)28-21-6-4-17(14-19(21)24)37(35,36)12-2-10-30/h3-6,13-14,22-23,25,27,29-34H,1-2,7-12,15H2,(H,26,28)/t22-,23+,25+/m1/s1. The predicted molar refractivity (Wildman–Crippen MR) is 141 cm³/mol. The van der Waals surface area contributed by atoms with Crippen LogP contribution in [0.25, 0.3) is 21.8 Å². The molecule has 3 atom stereocenters. The summed E-state index contributed by atoms with van der Waals surface area (Å²) >= 11 is 0. The van der Waals surface area contributed by atoms with E-state index in [4.69, 9.17) is 10.2 Å². The average molecular weight is 538 g/mol. The third-order valence-corrected chi connectivity index (χ3v) is 7.84. The minimum Gasteiger partial charge on any atom is -0.396 e. The molecule has 0 radical (unpaired) electrons. The second-order valence-electron chi connectivity index (χ2n) is 8.82. The van der Waals surface area contributed by atoms with Crippen molar-refractivity contribution in [2.75, 3.05) is 49.3 Å². The molecule has 11 nitrogen and oxygen atoms in total. The van der Waals surface area contributed by atoms with Crippen molar-refractivity contribution in [3.05, 3.63) is 36.4 Å². The molecule has 0 bridgehead atoms. The minimum atomic E-state index is -3.61. The van der Waals surface area contributed by atoms with Gasteiger partial charge in [-0.2, -0.15) is 0 Å². The van der Waals surface area contributed by atoms with Crippen molar-refractivity contribution >= 4 is 43.0 Å². The SMILES string of the molecule is O=S(=O)(CCCO)c1ccc2nc3ccc(NC[C@H](O)[C@@H](O)[C@H](O)CCO)cc3c(NCCCO)c2c1. The molecule has 8 N–H and O–H groups in total. The van der Waals surface area contributed by atoms with E-state index in [1.165, 1.54) is 6.07 Å². The fourth-order valence-electron chi connectivity index (χ4n) is 3.98. The van der Waals surface area contributed by atoms with Gasteiger partial charge in [-0.15, -0.1) is 0 Å². The Kier molecular flexibility index (Phi) is 10.4. The number of aromatic nitrogens is 1.